The lowest BCUT2D eigenvalue weighted by molar-refractivity contribution is 0.0512. The number of H-pyrrole nitrogens is 1. The van der Waals surface area contributed by atoms with Crippen molar-refractivity contribution in [3.8, 4) is 0 Å². The van der Waals surface area contributed by atoms with Gasteiger partial charge in [-0.1, -0.05) is 0 Å². The van der Waals surface area contributed by atoms with E-state index in [9.17, 15) is 4.79 Å². The number of hydrogen-bond acceptors (Lipinski definition) is 5. The molecule has 1 saturated carbocycles. The molecule has 16 heavy (non-hydrogen) atoms. The number of rotatable bonds is 3. The summed E-state index contributed by atoms with van der Waals surface area (Å²) < 4.78 is 4.82. The Kier molecular flexibility index (Phi) is 3.19. The van der Waals surface area contributed by atoms with E-state index in [0.717, 1.165) is 25.1 Å². The number of nitrogens with one attached hydrogen (secondary N) is 1. The fourth-order valence-corrected chi connectivity index (χ4v) is 2.01. The molecule has 0 bridgehead atoms. The van der Waals surface area contributed by atoms with Crippen molar-refractivity contribution >= 4 is 5.97 Å². The standard InChI is InChI=1S/C10H16N4O2/c1-2-16-10(15)9-12-8(13-14-9)6-3-4-7(11)5-6/h6-7H,2-5,11H2,1H3,(H,12,13,14)/t6-,7+/m1/s1. The van der Waals surface area contributed by atoms with Gasteiger partial charge in [0, 0.05) is 12.0 Å². The Morgan fingerprint density at radius 2 is 2.44 bits per heavy atom. The Bertz CT molecular complexity index is 377. The lowest BCUT2D eigenvalue weighted by Gasteiger charge is -2.03. The zero-order valence-corrected chi connectivity index (χ0v) is 9.27. The number of hydrogen-bond donors (Lipinski definition) is 2. The van der Waals surface area contributed by atoms with Crippen molar-refractivity contribution in [2.24, 2.45) is 5.73 Å². The van der Waals surface area contributed by atoms with E-state index >= 15 is 0 Å². The van der Waals surface area contributed by atoms with Gasteiger partial charge in [0.1, 0.15) is 5.82 Å². The lowest BCUT2D eigenvalue weighted by Crippen LogP contribution is -2.14. The van der Waals surface area contributed by atoms with E-state index in [-0.39, 0.29) is 11.9 Å². The molecule has 1 aromatic rings. The second kappa shape index (κ2) is 4.61. The van der Waals surface area contributed by atoms with Crippen LogP contribution in [0.15, 0.2) is 0 Å². The number of aromatic nitrogens is 3. The second-order valence-corrected chi connectivity index (χ2v) is 4.03. The van der Waals surface area contributed by atoms with Crippen LogP contribution >= 0.6 is 0 Å². The average molecular weight is 224 g/mol. The van der Waals surface area contributed by atoms with E-state index in [0.29, 0.717) is 12.5 Å². The lowest BCUT2D eigenvalue weighted by atomic mass is 10.1. The zero-order valence-electron chi connectivity index (χ0n) is 9.27. The van der Waals surface area contributed by atoms with E-state index < -0.39 is 5.97 Å². The van der Waals surface area contributed by atoms with E-state index in [2.05, 4.69) is 15.2 Å². The van der Waals surface area contributed by atoms with Crippen molar-refractivity contribution in [2.45, 2.75) is 38.1 Å². The van der Waals surface area contributed by atoms with Gasteiger partial charge >= 0.3 is 5.97 Å². The number of nitrogens with two attached hydrogens (primary N) is 1. The Balaban J connectivity index is 2.04. The summed E-state index contributed by atoms with van der Waals surface area (Å²) in [5.74, 6) is 0.672. The maximum absolute atomic E-state index is 11.3. The maximum Gasteiger partial charge on any atom is 0.378 e. The molecule has 88 valence electrons. The monoisotopic (exact) mass is 224 g/mol. The highest BCUT2D eigenvalue weighted by Gasteiger charge is 2.26. The minimum atomic E-state index is -0.479. The molecule has 6 heteroatoms. The van der Waals surface area contributed by atoms with Gasteiger partial charge in [0.25, 0.3) is 5.82 Å². The van der Waals surface area contributed by atoms with Crippen LogP contribution in [0.25, 0.3) is 0 Å². The predicted octanol–water partition coefficient (Wildman–Crippen LogP) is 0.576. The number of carbonyl (C=O) groups is 1. The van der Waals surface area contributed by atoms with E-state index in [1.807, 2.05) is 0 Å². The minimum Gasteiger partial charge on any atom is -0.460 e. The molecule has 6 nitrogen and oxygen atoms in total. The van der Waals surface area contributed by atoms with Crippen molar-refractivity contribution in [2.75, 3.05) is 6.61 Å². The Labute approximate surface area is 93.6 Å². The summed E-state index contributed by atoms with van der Waals surface area (Å²) in [6.07, 6.45) is 2.90. The third kappa shape index (κ3) is 2.21. The Hall–Kier alpha value is -1.43. The van der Waals surface area contributed by atoms with Crippen molar-refractivity contribution in [3.63, 3.8) is 0 Å². The molecule has 0 saturated heterocycles. The molecule has 3 N–H and O–H groups in total. The van der Waals surface area contributed by atoms with E-state index in [1.54, 1.807) is 6.92 Å². The van der Waals surface area contributed by atoms with Gasteiger partial charge in [-0.2, -0.15) is 0 Å². The van der Waals surface area contributed by atoms with Crippen LogP contribution in [-0.2, 0) is 4.74 Å². The summed E-state index contributed by atoms with van der Waals surface area (Å²) in [5, 5.41) is 6.64. The third-order valence-corrected chi connectivity index (χ3v) is 2.82. The van der Waals surface area contributed by atoms with Crippen LogP contribution in [0, 0.1) is 0 Å². The molecule has 0 unspecified atom stereocenters. The molecule has 2 rings (SSSR count). The summed E-state index contributed by atoms with van der Waals surface area (Å²) in [6.45, 7) is 2.08. The van der Waals surface area contributed by atoms with Crippen LogP contribution < -0.4 is 5.73 Å². The summed E-state index contributed by atoms with van der Waals surface area (Å²) >= 11 is 0. The zero-order chi connectivity index (χ0) is 11.5. The highest BCUT2D eigenvalue weighted by atomic mass is 16.5. The van der Waals surface area contributed by atoms with Crippen LogP contribution in [0.5, 0.6) is 0 Å². The van der Waals surface area contributed by atoms with E-state index in [4.69, 9.17) is 10.5 Å². The molecule has 0 aromatic carbocycles. The molecule has 1 aliphatic rings. The predicted molar refractivity (Wildman–Crippen MR) is 56.9 cm³/mol. The number of aromatic amines is 1. The summed E-state index contributed by atoms with van der Waals surface area (Å²) in [7, 11) is 0. The van der Waals surface area contributed by atoms with Gasteiger partial charge in [-0.3, -0.25) is 5.10 Å². The normalized spacial score (nSPS) is 24.6. The summed E-state index contributed by atoms with van der Waals surface area (Å²) in [4.78, 5) is 15.5. The fourth-order valence-electron chi connectivity index (χ4n) is 2.01. The molecule has 1 heterocycles. The van der Waals surface area contributed by atoms with Crippen molar-refractivity contribution < 1.29 is 9.53 Å². The molecule has 2 atom stereocenters. The number of ether oxygens (including phenoxy) is 1. The highest BCUT2D eigenvalue weighted by Crippen LogP contribution is 2.31. The van der Waals surface area contributed by atoms with Gasteiger partial charge in [-0.25, -0.2) is 9.78 Å². The SMILES string of the molecule is CCOC(=O)c1n[nH]c([C@@H]2CC[C@H](N)C2)n1. The Morgan fingerprint density at radius 3 is 3.06 bits per heavy atom. The van der Waals surface area contributed by atoms with Crippen molar-refractivity contribution in [1.82, 2.24) is 15.2 Å². The smallest absolute Gasteiger partial charge is 0.378 e. The summed E-state index contributed by atoms with van der Waals surface area (Å²) in [5.41, 5.74) is 5.82. The molecule has 1 fully saturated rings. The van der Waals surface area contributed by atoms with Gasteiger partial charge < -0.3 is 10.5 Å². The first-order chi connectivity index (χ1) is 7.70. The van der Waals surface area contributed by atoms with Crippen LogP contribution in [0.1, 0.15) is 48.5 Å². The molecule has 0 aliphatic heterocycles. The number of nitrogens with zero attached hydrogens (tertiary/aromatic N) is 2. The number of esters is 1. The van der Waals surface area contributed by atoms with Gasteiger partial charge in [0.15, 0.2) is 0 Å². The van der Waals surface area contributed by atoms with Gasteiger partial charge in [-0.05, 0) is 26.2 Å². The second-order valence-electron chi connectivity index (χ2n) is 4.03. The minimum absolute atomic E-state index is 0.109. The third-order valence-electron chi connectivity index (χ3n) is 2.82. The molecule has 0 amide bonds. The van der Waals surface area contributed by atoms with Crippen LogP contribution in [0.3, 0.4) is 0 Å². The summed E-state index contributed by atoms with van der Waals surface area (Å²) in [6, 6.07) is 0.237. The number of carbonyl (C=O) groups excluding carboxylic acids is 1. The first-order valence-corrected chi connectivity index (χ1v) is 5.55. The average Bonchev–Trinajstić information content (AvgIpc) is 2.85. The van der Waals surface area contributed by atoms with Gasteiger partial charge in [0.05, 0.1) is 6.61 Å². The molecule has 1 aliphatic carbocycles. The molecule has 0 radical (unpaired) electrons. The first-order valence-electron chi connectivity index (χ1n) is 5.55. The van der Waals surface area contributed by atoms with Crippen molar-refractivity contribution in [1.29, 1.82) is 0 Å². The largest absolute Gasteiger partial charge is 0.460 e. The molecule has 0 spiro atoms. The molecular formula is C10H16N4O2. The molecule has 1 aromatic heterocycles. The fraction of sp³-hybridized carbons (Fsp3) is 0.700. The maximum atomic E-state index is 11.3. The van der Waals surface area contributed by atoms with E-state index in [1.165, 1.54) is 0 Å². The van der Waals surface area contributed by atoms with Crippen LogP contribution in [-0.4, -0.2) is 33.8 Å². The topological polar surface area (TPSA) is 93.9 Å². The molecular weight excluding hydrogens is 208 g/mol. The van der Waals surface area contributed by atoms with Crippen molar-refractivity contribution in [3.05, 3.63) is 11.6 Å². The highest BCUT2D eigenvalue weighted by molar-refractivity contribution is 5.84. The first kappa shape index (κ1) is 11.1. The quantitative estimate of drug-likeness (QED) is 0.732. The Morgan fingerprint density at radius 1 is 1.62 bits per heavy atom. The van der Waals surface area contributed by atoms with Gasteiger partial charge in [0.2, 0.25) is 0 Å². The van der Waals surface area contributed by atoms with Crippen LogP contribution in [0.2, 0.25) is 0 Å². The van der Waals surface area contributed by atoms with Crippen LogP contribution in [0.4, 0.5) is 0 Å². The van der Waals surface area contributed by atoms with Gasteiger partial charge in [-0.15, -0.1) is 5.10 Å².